The van der Waals surface area contributed by atoms with E-state index in [4.69, 9.17) is 9.88 Å². The Labute approximate surface area is 155 Å². The maximum Gasteiger partial charge on any atom is 0.314 e. The number of hydrogen-bond acceptors (Lipinski definition) is 4. The zero-order chi connectivity index (χ0) is 19.9. The van der Waals surface area contributed by atoms with Gasteiger partial charge in [-0.05, 0) is 36.2 Å². The van der Waals surface area contributed by atoms with Crippen LogP contribution in [0.3, 0.4) is 0 Å². The molecule has 0 saturated heterocycles. The Morgan fingerprint density at radius 2 is 1.67 bits per heavy atom. The van der Waals surface area contributed by atoms with Gasteiger partial charge < -0.3 is 15.4 Å². The van der Waals surface area contributed by atoms with Crippen molar-refractivity contribution in [3.8, 4) is 5.75 Å². The monoisotopic (exact) mass is 399 g/mol. The molecule has 0 aromatic heterocycles. The molecule has 2 rings (SSSR count). The predicted octanol–water partition coefficient (Wildman–Crippen LogP) is 1.53. The lowest BCUT2D eigenvalue weighted by atomic mass is 10.1. The molecule has 7 nitrogen and oxygen atoms in total. The van der Waals surface area contributed by atoms with E-state index in [1.165, 1.54) is 18.2 Å². The summed E-state index contributed by atoms with van der Waals surface area (Å²) < 4.78 is 53.3. The van der Waals surface area contributed by atoms with Gasteiger partial charge in [-0.1, -0.05) is 12.1 Å². The second-order valence-electron chi connectivity index (χ2n) is 5.55. The van der Waals surface area contributed by atoms with E-state index in [1.54, 1.807) is 12.1 Å². The predicted molar refractivity (Wildman–Crippen MR) is 94.8 cm³/mol. The third-order valence-electron chi connectivity index (χ3n) is 3.50. The zero-order valence-corrected chi connectivity index (χ0v) is 15.1. The fraction of sp³-hybridized carbons (Fsp3) is 0.235. The van der Waals surface area contributed by atoms with Crippen molar-refractivity contribution in [3.05, 3.63) is 59.7 Å². The highest BCUT2D eigenvalue weighted by atomic mass is 32.2. The van der Waals surface area contributed by atoms with Crippen molar-refractivity contribution in [2.75, 3.05) is 19.7 Å². The number of carbonyl (C=O) groups is 1. The van der Waals surface area contributed by atoms with Crippen molar-refractivity contribution >= 4 is 16.1 Å². The number of sulfonamides is 1. The lowest BCUT2D eigenvalue weighted by Crippen LogP contribution is -2.38. The molecule has 2 aromatic carbocycles. The molecule has 0 bridgehead atoms. The lowest BCUT2D eigenvalue weighted by molar-refractivity contribution is 0.236. The summed E-state index contributed by atoms with van der Waals surface area (Å²) in [4.78, 5) is 11.7. The standard InChI is InChI=1S/C17H19F2N3O4S/c18-15-6-3-13(11-16(15)19)26-10-9-22-17(23)21-8-7-12-1-4-14(5-2-12)27(20,24)25/h1-6,11H,7-10H2,(H2,20,24,25)(H2,21,22,23). The van der Waals surface area contributed by atoms with Crippen LogP contribution in [0.2, 0.25) is 0 Å². The van der Waals surface area contributed by atoms with Gasteiger partial charge in [-0.2, -0.15) is 0 Å². The molecule has 0 heterocycles. The molecule has 0 unspecified atom stereocenters. The molecule has 0 saturated carbocycles. The Bertz CT molecular complexity index is 890. The van der Waals surface area contributed by atoms with Crippen LogP contribution < -0.4 is 20.5 Å². The van der Waals surface area contributed by atoms with Gasteiger partial charge in [0.2, 0.25) is 10.0 Å². The van der Waals surface area contributed by atoms with Crippen LogP contribution in [0.5, 0.6) is 5.75 Å². The topological polar surface area (TPSA) is 111 Å². The number of nitrogens with two attached hydrogens (primary N) is 1. The summed E-state index contributed by atoms with van der Waals surface area (Å²) in [5, 5.41) is 10.2. The zero-order valence-electron chi connectivity index (χ0n) is 14.2. The number of urea groups is 1. The molecule has 10 heteroatoms. The first-order valence-electron chi connectivity index (χ1n) is 7.97. The molecule has 0 radical (unpaired) electrons. The Kier molecular flexibility index (Phi) is 7.08. The Morgan fingerprint density at radius 3 is 2.30 bits per heavy atom. The van der Waals surface area contributed by atoms with E-state index in [9.17, 15) is 22.0 Å². The van der Waals surface area contributed by atoms with Gasteiger partial charge in [-0.15, -0.1) is 0 Å². The summed E-state index contributed by atoms with van der Waals surface area (Å²) in [7, 11) is -3.72. The quantitative estimate of drug-likeness (QED) is 0.585. The largest absolute Gasteiger partial charge is 0.492 e. The van der Waals surface area contributed by atoms with Crippen molar-refractivity contribution < 1.29 is 26.7 Å². The molecular formula is C17H19F2N3O4S. The first-order valence-corrected chi connectivity index (χ1v) is 9.51. The Hall–Kier alpha value is -2.72. The maximum atomic E-state index is 13.0. The number of primary sulfonamides is 1. The van der Waals surface area contributed by atoms with Gasteiger partial charge in [0.1, 0.15) is 12.4 Å². The Morgan fingerprint density at radius 1 is 1.00 bits per heavy atom. The highest BCUT2D eigenvalue weighted by molar-refractivity contribution is 7.89. The molecule has 2 aromatic rings. The fourth-order valence-electron chi connectivity index (χ4n) is 2.13. The minimum Gasteiger partial charge on any atom is -0.492 e. The van der Waals surface area contributed by atoms with Crippen molar-refractivity contribution in [1.29, 1.82) is 0 Å². The number of ether oxygens (including phenoxy) is 1. The van der Waals surface area contributed by atoms with E-state index >= 15 is 0 Å². The van der Waals surface area contributed by atoms with E-state index in [0.29, 0.717) is 13.0 Å². The van der Waals surface area contributed by atoms with Crippen LogP contribution in [0, 0.1) is 11.6 Å². The minimum absolute atomic E-state index is 0.0259. The third kappa shape index (κ3) is 6.83. The molecule has 2 amide bonds. The van der Waals surface area contributed by atoms with Gasteiger partial charge in [-0.3, -0.25) is 0 Å². The molecule has 4 N–H and O–H groups in total. The highest BCUT2D eigenvalue weighted by Crippen LogP contribution is 2.15. The lowest BCUT2D eigenvalue weighted by Gasteiger charge is -2.09. The van der Waals surface area contributed by atoms with E-state index in [2.05, 4.69) is 10.6 Å². The van der Waals surface area contributed by atoms with Crippen molar-refractivity contribution in [1.82, 2.24) is 10.6 Å². The number of benzene rings is 2. The van der Waals surface area contributed by atoms with Gasteiger partial charge in [0.15, 0.2) is 11.6 Å². The number of halogens is 2. The summed E-state index contributed by atoms with van der Waals surface area (Å²) in [6, 6.07) is 8.81. The molecule has 146 valence electrons. The average molecular weight is 399 g/mol. The van der Waals surface area contributed by atoms with Crippen LogP contribution in [0.4, 0.5) is 13.6 Å². The summed E-state index contributed by atoms with van der Waals surface area (Å²) in [6.45, 7) is 0.603. The van der Waals surface area contributed by atoms with E-state index in [-0.39, 0.29) is 23.8 Å². The number of hydrogen-bond donors (Lipinski definition) is 3. The van der Waals surface area contributed by atoms with Crippen molar-refractivity contribution in [3.63, 3.8) is 0 Å². The number of rotatable bonds is 8. The van der Waals surface area contributed by atoms with Crippen LogP contribution in [-0.2, 0) is 16.4 Å². The summed E-state index contributed by atoms with van der Waals surface area (Å²) >= 11 is 0. The maximum absolute atomic E-state index is 13.0. The molecule has 0 aliphatic rings. The molecule has 0 aliphatic heterocycles. The van der Waals surface area contributed by atoms with E-state index < -0.39 is 27.7 Å². The summed E-state index contributed by atoms with van der Waals surface area (Å²) in [5.74, 6) is -1.80. The highest BCUT2D eigenvalue weighted by Gasteiger charge is 2.07. The van der Waals surface area contributed by atoms with Gasteiger partial charge >= 0.3 is 6.03 Å². The molecular weight excluding hydrogens is 380 g/mol. The van der Waals surface area contributed by atoms with Gasteiger partial charge in [-0.25, -0.2) is 27.1 Å². The van der Waals surface area contributed by atoms with Crippen LogP contribution in [0.25, 0.3) is 0 Å². The van der Waals surface area contributed by atoms with Crippen LogP contribution in [-0.4, -0.2) is 34.1 Å². The smallest absolute Gasteiger partial charge is 0.314 e. The first kappa shape index (κ1) is 20.6. The minimum atomic E-state index is -3.72. The second kappa shape index (κ2) is 9.28. The van der Waals surface area contributed by atoms with Gasteiger partial charge in [0.25, 0.3) is 0 Å². The number of amides is 2. The Balaban J connectivity index is 1.64. The second-order valence-corrected chi connectivity index (χ2v) is 7.11. The van der Waals surface area contributed by atoms with Crippen LogP contribution >= 0.6 is 0 Å². The van der Waals surface area contributed by atoms with Crippen molar-refractivity contribution in [2.45, 2.75) is 11.3 Å². The van der Waals surface area contributed by atoms with Gasteiger partial charge in [0, 0.05) is 12.6 Å². The molecule has 0 fully saturated rings. The van der Waals surface area contributed by atoms with E-state index in [1.807, 2.05) is 0 Å². The average Bonchev–Trinajstić information content (AvgIpc) is 2.61. The number of carbonyl (C=O) groups excluding carboxylic acids is 1. The number of nitrogens with one attached hydrogen (secondary N) is 2. The summed E-state index contributed by atoms with van der Waals surface area (Å²) in [6.07, 6.45) is 0.504. The molecule has 27 heavy (non-hydrogen) atoms. The summed E-state index contributed by atoms with van der Waals surface area (Å²) in [5.41, 5.74) is 0.837. The molecule has 0 atom stereocenters. The SMILES string of the molecule is NS(=O)(=O)c1ccc(CCNC(=O)NCCOc2ccc(F)c(F)c2)cc1. The fourth-order valence-corrected chi connectivity index (χ4v) is 2.64. The molecule has 0 spiro atoms. The third-order valence-corrected chi connectivity index (χ3v) is 4.43. The molecule has 0 aliphatic carbocycles. The van der Waals surface area contributed by atoms with E-state index in [0.717, 1.165) is 17.7 Å². The van der Waals surface area contributed by atoms with Crippen molar-refractivity contribution in [2.24, 2.45) is 5.14 Å². The van der Waals surface area contributed by atoms with Gasteiger partial charge in [0.05, 0.1) is 11.4 Å². The van der Waals surface area contributed by atoms with Crippen LogP contribution in [0.15, 0.2) is 47.4 Å². The first-order chi connectivity index (χ1) is 12.8. The van der Waals surface area contributed by atoms with Crippen LogP contribution in [0.1, 0.15) is 5.56 Å². The normalized spacial score (nSPS) is 11.1.